The van der Waals surface area contributed by atoms with Gasteiger partial charge < -0.3 is 14.0 Å². The number of benzene rings is 8. The third-order valence-corrected chi connectivity index (χ3v) is 9.89. The van der Waals surface area contributed by atoms with Crippen LogP contribution in [0, 0.1) is 0 Å². The fraction of sp³-hybridized carbons (Fsp3) is 0. The molecule has 8 aromatic carbocycles. The van der Waals surface area contributed by atoms with Crippen LogP contribution in [0.25, 0.3) is 72.0 Å². The summed E-state index contributed by atoms with van der Waals surface area (Å²) in [5.41, 5.74) is 11.8. The van der Waals surface area contributed by atoms with Crippen molar-refractivity contribution >= 4 is 21.8 Å². The summed E-state index contributed by atoms with van der Waals surface area (Å²) < 4.78 is 16.2. The Bertz CT molecular complexity index is 2740. The standard InChI is InChI=1S/C48H31NO2/c1-3-14-32(15-4-1)33-27-29-46-41(30-33)38-19-9-12-25-45(38)50-44-24-11-8-18-37(44)39-28-26-34(31-47(39)51-46)36-21-13-23-43-48(36)40-20-7-10-22-42(40)49(43)35-16-5-2-6-17-35/h1-31H. The molecule has 240 valence electrons. The number of fused-ring (bicyclic) bond motifs is 9. The van der Waals surface area contributed by atoms with E-state index in [0.717, 1.165) is 78.7 Å². The molecule has 0 bridgehead atoms. The SMILES string of the molecule is c1ccc(-c2ccc3c(c2)-c2ccccc2Oc2ccccc2-c2ccc(-c4cccc5c4c4ccccc4n5-c4ccccc4)cc2O3)cc1. The number of hydrogen-bond donors (Lipinski definition) is 0. The number of aromatic nitrogens is 1. The number of para-hydroxylation sites is 4. The summed E-state index contributed by atoms with van der Waals surface area (Å²) in [6.45, 7) is 0. The van der Waals surface area contributed by atoms with E-state index in [1.165, 1.54) is 16.3 Å². The predicted octanol–water partition coefficient (Wildman–Crippen LogP) is 13.3. The fourth-order valence-corrected chi connectivity index (χ4v) is 7.54. The zero-order chi connectivity index (χ0) is 33.7. The quantitative estimate of drug-likeness (QED) is 0.189. The van der Waals surface area contributed by atoms with Gasteiger partial charge >= 0.3 is 0 Å². The predicted molar refractivity (Wildman–Crippen MR) is 209 cm³/mol. The Labute approximate surface area is 296 Å². The molecule has 0 saturated carbocycles. The van der Waals surface area contributed by atoms with Crippen molar-refractivity contribution in [2.24, 2.45) is 0 Å². The Hall–Kier alpha value is -6.84. The molecule has 0 unspecified atom stereocenters. The van der Waals surface area contributed by atoms with Crippen molar-refractivity contribution in [3.63, 3.8) is 0 Å². The molecule has 9 aromatic rings. The molecule has 0 atom stereocenters. The summed E-state index contributed by atoms with van der Waals surface area (Å²) in [7, 11) is 0. The first kappa shape index (κ1) is 29.1. The Morgan fingerprint density at radius 3 is 1.69 bits per heavy atom. The maximum atomic E-state index is 7.10. The molecule has 0 fully saturated rings. The van der Waals surface area contributed by atoms with Gasteiger partial charge in [0.2, 0.25) is 0 Å². The highest BCUT2D eigenvalue weighted by Crippen LogP contribution is 2.49. The minimum atomic E-state index is 0.764. The Morgan fingerprint density at radius 1 is 0.314 bits per heavy atom. The summed E-state index contributed by atoms with van der Waals surface area (Å²) in [6.07, 6.45) is 0. The second-order valence-corrected chi connectivity index (χ2v) is 12.9. The number of nitrogens with zero attached hydrogens (tertiary/aromatic N) is 1. The first-order valence-electron chi connectivity index (χ1n) is 17.3. The number of ether oxygens (including phenoxy) is 2. The first-order chi connectivity index (χ1) is 25.3. The highest BCUT2D eigenvalue weighted by atomic mass is 16.5. The molecular weight excluding hydrogens is 623 g/mol. The highest BCUT2D eigenvalue weighted by molar-refractivity contribution is 6.16. The lowest BCUT2D eigenvalue weighted by Gasteiger charge is -2.22. The van der Waals surface area contributed by atoms with Gasteiger partial charge in [0.05, 0.1) is 11.0 Å². The summed E-state index contributed by atoms with van der Waals surface area (Å²) >= 11 is 0. The van der Waals surface area contributed by atoms with Gasteiger partial charge in [-0.25, -0.2) is 0 Å². The van der Waals surface area contributed by atoms with Crippen molar-refractivity contribution < 1.29 is 9.47 Å². The van der Waals surface area contributed by atoms with E-state index in [2.05, 4.69) is 162 Å². The van der Waals surface area contributed by atoms with Crippen LogP contribution in [-0.2, 0) is 0 Å². The normalized spacial score (nSPS) is 11.8. The van der Waals surface area contributed by atoms with Crippen LogP contribution < -0.4 is 9.47 Å². The van der Waals surface area contributed by atoms with Crippen LogP contribution in [0.5, 0.6) is 23.0 Å². The average molecular weight is 654 g/mol. The molecule has 0 spiro atoms. The summed E-state index contributed by atoms with van der Waals surface area (Å²) in [5.74, 6) is 3.09. The van der Waals surface area contributed by atoms with Gasteiger partial charge in [0.15, 0.2) is 0 Å². The van der Waals surface area contributed by atoms with Crippen LogP contribution >= 0.6 is 0 Å². The average Bonchev–Trinajstić information content (AvgIpc) is 3.54. The zero-order valence-electron chi connectivity index (χ0n) is 27.7. The zero-order valence-corrected chi connectivity index (χ0v) is 27.7. The van der Waals surface area contributed by atoms with E-state index in [-0.39, 0.29) is 0 Å². The molecule has 0 amide bonds. The van der Waals surface area contributed by atoms with E-state index in [1.54, 1.807) is 0 Å². The van der Waals surface area contributed by atoms with Crippen LogP contribution in [0.4, 0.5) is 0 Å². The largest absolute Gasteiger partial charge is 0.456 e. The van der Waals surface area contributed by atoms with Gasteiger partial charge in [-0.05, 0) is 82.9 Å². The molecule has 2 heterocycles. The minimum absolute atomic E-state index is 0.764. The summed E-state index contributed by atoms with van der Waals surface area (Å²) in [4.78, 5) is 0. The van der Waals surface area contributed by atoms with Gasteiger partial charge in [-0.1, -0.05) is 127 Å². The van der Waals surface area contributed by atoms with Gasteiger partial charge in [-0.2, -0.15) is 0 Å². The molecule has 51 heavy (non-hydrogen) atoms. The molecule has 1 aromatic heterocycles. The molecule has 0 aliphatic carbocycles. The van der Waals surface area contributed by atoms with Crippen molar-refractivity contribution in [2.45, 2.75) is 0 Å². The van der Waals surface area contributed by atoms with Crippen molar-refractivity contribution in [1.82, 2.24) is 4.57 Å². The van der Waals surface area contributed by atoms with E-state index >= 15 is 0 Å². The number of rotatable bonds is 3. The van der Waals surface area contributed by atoms with E-state index in [4.69, 9.17) is 9.47 Å². The maximum Gasteiger partial charge on any atom is 0.136 e. The second-order valence-electron chi connectivity index (χ2n) is 12.9. The fourth-order valence-electron chi connectivity index (χ4n) is 7.54. The Balaban J connectivity index is 1.21. The van der Waals surface area contributed by atoms with Gasteiger partial charge in [0.25, 0.3) is 0 Å². The van der Waals surface area contributed by atoms with E-state index in [9.17, 15) is 0 Å². The first-order valence-corrected chi connectivity index (χ1v) is 17.3. The Kier molecular flexibility index (Phi) is 6.81. The maximum absolute atomic E-state index is 7.10. The van der Waals surface area contributed by atoms with Crippen LogP contribution in [0.2, 0.25) is 0 Å². The molecule has 0 N–H and O–H groups in total. The van der Waals surface area contributed by atoms with Crippen molar-refractivity contribution in [3.05, 3.63) is 188 Å². The molecule has 3 nitrogen and oxygen atoms in total. The monoisotopic (exact) mass is 653 g/mol. The lowest BCUT2D eigenvalue weighted by atomic mass is 9.94. The number of hydrogen-bond acceptors (Lipinski definition) is 2. The van der Waals surface area contributed by atoms with E-state index in [0.29, 0.717) is 0 Å². The topological polar surface area (TPSA) is 23.4 Å². The van der Waals surface area contributed by atoms with Crippen LogP contribution in [-0.4, -0.2) is 4.57 Å². The van der Waals surface area contributed by atoms with Crippen molar-refractivity contribution in [2.75, 3.05) is 0 Å². The van der Waals surface area contributed by atoms with Gasteiger partial charge in [-0.15, -0.1) is 0 Å². The molecule has 3 heteroatoms. The summed E-state index contributed by atoms with van der Waals surface area (Å²) in [5, 5.41) is 2.42. The third kappa shape index (κ3) is 4.90. The van der Waals surface area contributed by atoms with Crippen LogP contribution in [0.15, 0.2) is 188 Å². The van der Waals surface area contributed by atoms with Crippen molar-refractivity contribution in [3.8, 4) is 73.2 Å². The molecule has 1 aliphatic rings. The molecule has 0 radical (unpaired) electrons. The molecular formula is C48H31NO2. The second kappa shape index (κ2) is 11.9. The van der Waals surface area contributed by atoms with E-state index < -0.39 is 0 Å². The minimum Gasteiger partial charge on any atom is -0.456 e. The molecule has 10 rings (SSSR count). The summed E-state index contributed by atoms with van der Waals surface area (Å²) in [6, 6.07) is 65.8. The lowest BCUT2D eigenvalue weighted by molar-refractivity contribution is 0.472. The van der Waals surface area contributed by atoms with Crippen LogP contribution in [0.1, 0.15) is 0 Å². The molecule has 1 aliphatic heterocycles. The van der Waals surface area contributed by atoms with Gasteiger partial charge in [-0.3, -0.25) is 0 Å². The van der Waals surface area contributed by atoms with Crippen molar-refractivity contribution in [1.29, 1.82) is 0 Å². The smallest absolute Gasteiger partial charge is 0.136 e. The van der Waals surface area contributed by atoms with Crippen LogP contribution in [0.3, 0.4) is 0 Å². The van der Waals surface area contributed by atoms with E-state index in [1.807, 2.05) is 30.3 Å². The highest BCUT2D eigenvalue weighted by Gasteiger charge is 2.22. The molecule has 0 saturated heterocycles. The van der Waals surface area contributed by atoms with Gasteiger partial charge in [0.1, 0.15) is 23.0 Å². The lowest BCUT2D eigenvalue weighted by Crippen LogP contribution is -1.98. The van der Waals surface area contributed by atoms with Gasteiger partial charge in [0, 0.05) is 38.7 Å². The Morgan fingerprint density at radius 2 is 0.882 bits per heavy atom. The third-order valence-electron chi connectivity index (χ3n) is 9.89.